The van der Waals surface area contributed by atoms with E-state index in [-0.39, 0.29) is 6.04 Å². The molecule has 3 heteroatoms. The lowest BCUT2D eigenvalue weighted by atomic mass is 10.0. The lowest BCUT2D eigenvalue weighted by Gasteiger charge is -2.13. The van der Waals surface area contributed by atoms with Gasteiger partial charge >= 0.3 is 0 Å². The Labute approximate surface area is 92.0 Å². The Morgan fingerprint density at radius 1 is 1.33 bits per heavy atom. The number of rotatable bonds is 8. The van der Waals surface area contributed by atoms with E-state index in [4.69, 9.17) is 10.3 Å². The molecule has 0 aliphatic rings. The van der Waals surface area contributed by atoms with Gasteiger partial charge in [0.25, 0.3) is 0 Å². The first-order valence-corrected chi connectivity index (χ1v) is 5.86. The Kier molecular flexibility index (Phi) is 6.12. The summed E-state index contributed by atoms with van der Waals surface area (Å²) in [5.41, 5.74) is 3.98. The summed E-state index contributed by atoms with van der Waals surface area (Å²) in [4.78, 5) is 0. The fourth-order valence-corrected chi connectivity index (χ4v) is 1.77. The van der Waals surface area contributed by atoms with Gasteiger partial charge in [-0.3, -0.25) is 11.3 Å². The van der Waals surface area contributed by atoms with Crippen molar-refractivity contribution in [2.24, 2.45) is 5.84 Å². The van der Waals surface area contributed by atoms with Gasteiger partial charge in [0.05, 0.1) is 12.5 Å². The smallest absolute Gasteiger partial charge is 0.0950 e. The quantitative estimate of drug-likeness (QED) is 0.394. The largest absolute Gasteiger partial charge is 0.472 e. The van der Waals surface area contributed by atoms with Gasteiger partial charge in [0.15, 0.2) is 0 Å². The van der Waals surface area contributed by atoms with Crippen LogP contribution in [-0.4, -0.2) is 0 Å². The molecular formula is C12H22N2O. The number of hydrogen-bond acceptors (Lipinski definition) is 3. The fourth-order valence-electron chi connectivity index (χ4n) is 1.77. The molecular weight excluding hydrogens is 188 g/mol. The van der Waals surface area contributed by atoms with E-state index < -0.39 is 0 Å². The van der Waals surface area contributed by atoms with Gasteiger partial charge in [0.2, 0.25) is 0 Å². The zero-order chi connectivity index (χ0) is 10.9. The lowest BCUT2D eigenvalue weighted by molar-refractivity contribution is 0.471. The first-order valence-electron chi connectivity index (χ1n) is 5.86. The van der Waals surface area contributed by atoms with Crippen LogP contribution in [0.25, 0.3) is 0 Å². The highest BCUT2D eigenvalue weighted by molar-refractivity contribution is 5.10. The van der Waals surface area contributed by atoms with E-state index in [1.165, 1.54) is 32.1 Å². The minimum Gasteiger partial charge on any atom is -0.472 e. The van der Waals surface area contributed by atoms with Crippen LogP contribution in [0.15, 0.2) is 23.0 Å². The average molecular weight is 210 g/mol. The second-order valence-corrected chi connectivity index (χ2v) is 3.98. The van der Waals surface area contributed by atoms with Gasteiger partial charge in [-0.2, -0.15) is 0 Å². The van der Waals surface area contributed by atoms with E-state index in [2.05, 4.69) is 12.3 Å². The number of hydrazine groups is 1. The van der Waals surface area contributed by atoms with E-state index >= 15 is 0 Å². The van der Waals surface area contributed by atoms with Crippen molar-refractivity contribution in [3.8, 4) is 0 Å². The Bertz CT molecular complexity index is 234. The van der Waals surface area contributed by atoms with Crippen LogP contribution >= 0.6 is 0 Å². The van der Waals surface area contributed by atoms with Crippen molar-refractivity contribution in [2.45, 2.75) is 51.5 Å². The van der Waals surface area contributed by atoms with Crippen LogP contribution < -0.4 is 11.3 Å². The third-order valence-corrected chi connectivity index (χ3v) is 2.74. The van der Waals surface area contributed by atoms with Crippen LogP contribution in [0.5, 0.6) is 0 Å². The highest BCUT2D eigenvalue weighted by Crippen LogP contribution is 2.19. The third kappa shape index (κ3) is 4.49. The molecule has 0 saturated heterocycles. The summed E-state index contributed by atoms with van der Waals surface area (Å²) in [5.74, 6) is 5.51. The van der Waals surface area contributed by atoms with Gasteiger partial charge in [-0.15, -0.1) is 0 Å². The van der Waals surface area contributed by atoms with Gasteiger partial charge in [-0.1, -0.05) is 39.0 Å². The first kappa shape index (κ1) is 12.3. The molecule has 15 heavy (non-hydrogen) atoms. The molecule has 0 aromatic carbocycles. The van der Waals surface area contributed by atoms with Crippen molar-refractivity contribution >= 4 is 0 Å². The molecule has 1 heterocycles. The number of furan rings is 1. The van der Waals surface area contributed by atoms with Gasteiger partial charge in [-0.05, 0) is 12.5 Å². The maximum absolute atomic E-state index is 5.51. The summed E-state index contributed by atoms with van der Waals surface area (Å²) >= 11 is 0. The molecule has 3 N–H and O–H groups in total. The minimum atomic E-state index is 0.241. The molecule has 0 radical (unpaired) electrons. The molecule has 86 valence electrons. The Morgan fingerprint density at radius 2 is 2.13 bits per heavy atom. The van der Waals surface area contributed by atoms with Gasteiger partial charge in [0.1, 0.15) is 0 Å². The molecule has 3 nitrogen and oxygen atoms in total. The predicted octanol–water partition coefficient (Wildman–Crippen LogP) is 3.14. The normalized spacial score (nSPS) is 12.9. The van der Waals surface area contributed by atoms with Crippen LogP contribution in [-0.2, 0) is 0 Å². The summed E-state index contributed by atoms with van der Waals surface area (Å²) in [5, 5.41) is 0. The number of unbranched alkanes of at least 4 members (excludes halogenated alkanes) is 4. The Morgan fingerprint density at radius 3 is 2.73 bits per heavy atom. The molecule has 1 aromatic heterocycles. The van der Waals surface area contributed by atoms with Crippen molar-refractivity contribution in [1.82, 2.24) is 5.43 Å². The number of hydrogen-bond donors (Lipinski definition) is 2. The maximum Gasteiger partial charge on any atom is 0.0950 e. The monoisotopic (exact) mass is 210 g/mol. The van der Waals surface area contributed by atoms with Gasteiger partial charge in [-0.25, -0.2) is 0 Å². The molecule has 0 aliphatic carbocycles. The molecule has 0 aliphatic heterocycles. The standard InChI is InChI=1S/C12H22N2O/c1-2-3-4-5-6-7-12(14-13)11-8-9-15-10-11/h8-10,12,14H,2-7,13H2,1H3. The Balaban J connectivity index is 2.18. The second-order valence-electron chi connectivity index (χ2n) is 3.98. The van der Waals surface area contributed by atoms with Gasteiger partial charge < -0.3 is 4.42 Å². The van der Waals surface area contributed by atoms with Crippen LogP contribution in [0.3, 0.4) is 0 Å². The number of nitrogens with one attached hydrogen (secondary N) is 1. The molecule has 1 atom stereocenters. The van der Waals surface area contributed by atoms with Gasteiger partial charge in [0, 0.05) is 11.6 Å². The van der Waals surface area contributed by atoms with E-state index in [0.717, 1.165) is 12.0 Å². The highest BCUT2D eigenvalue weighted by Gasteiger charge is 2.09. The van der Waals surface area contributed by atoms with Crippen molar-refractivity contribution in [3.05, 3.63) is 24.2 Å². The number of nitrogens with two attached hydrogens (primary N) is 1. The van der Waals surface area contributed by atoms with Crippen molar-refractivity contribution in [1.29, 1.82) is 0 Å². The second kappa shape index (κ2) is 7.49. The average Bonchev–Trinajstić information content (AvgIpc) is 2.77. The van der Waals surface area contributed by atoms with Crippen molar-refractivity contribution in [3.63, 3.8) is 0 Å². The molecule has 1 rings (SSSR count). The molecule has 1 aromatic rings. The summed E-state index contributed by atoms with van der Waals surface area (Å²) in [6, 6.07) is 2.21. The molecule has 0 fully saturated rings. The van der Waals surface area contributed by atoms with Crippen LogP contribution in [0.4, 0.5) is 0 Å². The third-order valence-electron chi connectivity index (χ3n) is 2.74. The lowest BCUT2D eigenvalue weighted by Crippen LogP contribution is -2.27. The molecule has 0 bridgehead atoms. The fraction of sp³-hybridized carbons (Fsp3) is 0.667. The Hall–Kier alpha value is -0.800. The molecule has 0 saturated carbocycles. The summed E-state index contributed by atoms with van der Waals surface area (Å²) in [6.45, 7) is 2.23. The topological polar surface area (TPSA) is 51.2 Å². The summed E-state index contributed by atoms with van der Waals surface area (Å²) in [6.07, 6.45) is 11.0. The van der Waals surface area contributed by atoms with E-state index in [1.54, 1.807) is 12.5 Å². The first-order chi connectivity index (χ1) is 7.38. The van der Waals surface area contributed by atoms with E-state index in [0.29, 0.717) is 0 Å². The zero-order valence-electron chi connectivity index (χ0n) is 9.54. The minimum absolute atomic E-state index is 0.241. The molecule has 0 spiro atoms. The van der Waals surface area contributed by atoms with E-state index in [9.17, 15) is 0 Å². The molecule has 0 amide bonds. The summed E-state index contributed by atoms with van der Waals surface area (Å²) < 4.78 is 5.05. The molecule has 1 unspecified atom stereocenters. The predicted molar refractivity (Wildman–Crippen MR) is 62.1 cm³/mol. The summed E-state index contributed by atoms with van der Waals surface area (Å²) in [7, 11) is 0. The zero-order valence-corrected chi connectivity index (χ0v) is 9.54. The van der Waals surface area contributed by atoms with Crippen LogP contribution in [0.1, 0.15) is 57.1 Å². The van der Waals surface area contributed by atoms with Crippen molar-refractivity contribution < 1.29 is 4.42 Å². The van der Waals surface area contributed by atoms with Crippen molar-refractivity contribution in [2.75, 3.05) is 0 Å². The van der Waals surface area contributed by atoms with Crippen LogP contribution in [0, 0.1) is 0 Å². The SMILES string of the molecule is CCCCCCCC(NN)c1ccoc1. The highest BCUT2D eigenvalue weighted by atomic mass is 16.3. The van der Waals surface area contributed by atoms with E-state index in [1.807, 2.05) is 6.07 Å². The van der Waals surface area contributed by atoms with Crippen LogP contribution in [0.2, 0.25) is 0 Å². The maximum atomic E-state index is 5.51.